The smallest absolute Gasteiger partial charge is 0.241 e. The molecule has 1 atom stereocenters. The Hall–Kier alpha value is -0.243. The third-order valence-electron chi connectivity index (χ3n) is 3.43. The number of allylic oxidation sites excluding steroid dienone is 2. The SMILES string of the molecule is CC1=C(O[Si](C)(C)C)CC(C(C)(C)C)CC1. The van der Waals surface area contributed by atoms with Crippen LogP contribution in [0.15, 0.2) is 11.3 Å². The van der Waals surface area contributed by atoms with Crippen LogP contribution in [0.25, 0.3) is 0 Å². The molecule has 1 unspecified atom stereocenters. The highest BCUT2D eigenvalue weighted by atomic mass is 28.4. The van der Waals surface area contributed by atoms with E-state index in [-0.39, 0.29) is 0 Å². The van der Waals surface area contributed by atoms with Gasteiger partial charge in [0.2, 0.25) is 8.32 Å². The molecular weight excluding hydrogens is 212 g/mol. The van der Waals surface area contributed by atoms with Gasteiger partial charge < -0.3 is 4.43 Å². The van der Waals surface area contributed by atoms with Crippen LogP contribution in [0.4, 0.5) is 0 Å². The molecule has 0 radical (unpaired) electrons. The highest BCUT2D eigenvalue weighted by Crippen LogP contribution is 2.41. The summed E-state index contributed by atoms with van der Waals surface area (Å²) in [6, 6.07) is 0. The minimum Gasteiger partial charge on any atom is -0.547 e. The Kier molecular flexibility index (Phi) is 3.94. The van der Waals surface area contributed by atoms with E-state index in [2.05, 4.69) is 47.3 Å². The van der Waals surface area contributed by atoms with E-state index in [1.165, 1.54) is 24.2 Å². The zero-order valence-corrected chi connectivity index (χ0v) is 13.1. The van der Waals surface area contributed by atoms with Crippen LogP contribution in [-0.2, 0) is 4.43 Å². The predicted molar refractivity (Wildman–Crippen MR) is 73.9 cm³/mol. The lowest BCUT2D eigenvalue weighted by molar-refractivity contribution is 0.188. The molecule has 16 heavy (non-hydrogen) atoms. The minimum atomic E-state index is -1.43. The molecule has 0 fully saturated rings. The Labute approximate surface area is 102 Å². The van der Waals surface area contributed by atoms with E-state index in [0.717, 1.165) is 12.3 Å². The molecule has 2 heteroatoms. The van der Waals surface area contributed by atoms with E-state index in [1.54, 1.807) is 0 Å². The van der Waals surface area contributed by atoms with Crippen molar-refractivity contribution in [3.05, 3.63) is 11.3 Å². The second kappa shape index (κ2) is 4.56. The standard InChI is InChI=1S/C14H28OSi/c1-11-8-9-12(14(2,3)4)10-13(11)15-16(5,6)7/h12H,8-10H2,1-7H3. The van der Waals surface area contributed by atoms with Gasteiger partial charge in [-0.1, -0.05) is 20.8 Å². The summed E-state index contributed by atoms with van der Waals surface area (Å²) in [6.07, 6.45) is 3.70. The predicted octanol–water partition coefficient (Wildman–Crippen LogP) is 4.96. The first-order chi connectivity index (χ1) is 7.09. The zero-order chi connectivity index (χ0) is 12.6. The van der Waals surface area contributed by atoms with Crippen molar-refractivity contribution in [1.82, 2.24) is 0 Å². The molecule has 0 aliphatic heterocycles. The van der Waals surface area contributed by atoms with Crippen molar-refractivity contribution in [2.75, 3.05) is 0 Å². The molecule has 0 saturated carbocycles. The topological polar surface area (TPSA) is 9.23 Å². The van der Waals surface area contributed by atoms with Gasteiger partial charge in [0.25, 0.3) is 0 Å². The quantitative estimate of drug-likeness (QED) is 0.620. The molecule has 0 aromatic heterocycles. The summed E-state index contributed by atoms with van der Waals surface area (Å²) in [4.78, 5) is 0. The molecule has 0 bridgehead atoms. The van der Waals surface area contributed by atoms with Gasteiger partial charge in [-0.15, -0.1) is 0 Å². The maximum Gasteiger partial charge on any atom is 0.241 e. The summed E-state index contributed by atoms with van der Waals surface area (Å²) >= 11 is 0. The largest absolute Gasteiger partial charge is 0.547 e. The van der Waals surface area contributed by atoms with Crippen LogP contribution >= 0.6 is 0 Å². The fourth-order valence-electron chi connectivity index (χ4n) is 2.27. The van der Waals surface area contributed by atoms with Crippen LogP contribution in [0.2, 0.25) is 19.6 Å². The van der Waals surface area contributed by atoms with Gasteiger partial charge in [0.15, 0.2) is 0 Å². The molecule has 0 aromatic rings. The number of rotatable bonds is 2. The van der Waals surface area contributed by atoms with E-state index >= 15 is 0 Å². The van der Waals surface area contributed by atoms with Gasteiger partial charge in [-0.3, -0.25) is 0 Å². The molecule has 1 aliphatic carbocycles. The molecule has 0 spiro atoms. The van der Waals surface area contributed by atoms with Crippen LogP contribution in [0.5, 0.6) is 0 Å². The van der Waals surface area contributed by atoms with Gasteiger partial charge in [0.05, 0.1) is 5.76 Å². The summed E-state index contributed by atoms with van der Waals surface area (Å²) in [5.74, 6) is 2.09. The van der Waals surface area contributed by atoms with Gasteiger partial charge in [-0.05, 0) is 56.3 Å². The average Bonchev–Trinajstić information content (AvgIpc) is 2.04. The third kappa shape index (κ3) is 3.97. The normalized spacial score (nSPS) is 23.6. The van der Waals surface area contributed by atoms with Crippen LogP contribution in [0, 0.1) is 11.3 Å². The van der Waals surface area contributed by atoms with E-state index in [1.807, 2.05) is 0 Å². The minimum absolute atomic E-state index is 0.411. The van der Waals surface area contributed by atoms with Crippen molar-refractivity contribution in [2.24, 2.45) is 11.3 Å². The van der Waals surface area contributed by atoms with Crippen molar-refractivity contribution in [3.8, 4) is 0 Å². The molecule has 0 amide bonds. The van der Waals surface area contributed by atoms with Crippen LogP contribution in [0.1, 0.15) is 47.0 Å². The maximum atomic E-state index is 6.23. The molecule has 1 aliphatic rings. The lowest BCUT2D eigenvalue weighted by Gasteiger charge is -2.37. The molecule has 1 nitrogen and oxygen atoms in total. The van der Waals surface area contributed by atoms with Gasteiger partial charge in [-0.2, -0.15) is 0 Å². The maximum absolute atomic E-state index is 6.23. The Balaban J connectivity index is 2.76. The highest BCUT2D eigenvalue weighted by molar-refractivity contribution is 6.70. The first-order valence-corrected chi connectivity index (χ1v) is 9.88. The van der Waals surface area contributed by atoms with Gasteiger partial charge in [0.1, 0.15) is 0 Å². The van der Waals surface area contributed by atoms with Gasteiger partial charge >= 0.3 is 0 Å². The summed E-state index contributed by atoms with van der Waals surface area (Å²) in [6.45, 7) is 16.1. The van der Waals surface area contributed by atoms with Crippen molar-refractivity contribution in [1.29, 1.82) is 0 Å². The fourth-order valence-corrected chi connectivity index (χ4v) is 3.26. The lowest BCUT2D eigenvalue weighted by Crippen LogP contribution is -2.30. The average molecular weight is 240 g/mol. The third-order valence-corrected chi connectivity index (χ3v) is 4.29. The molecule has 0 heterocycles. The lowest BCUT2D eigenvalue weighted by atomic mass is 9.72. The van der Waals surface area contributed by atoms with Crippen molar-refractivity contribution in [2.45, 2.75) is 66.6 Å². The Bertz CT molecular complexity index is 278. The van der Waals surface area contributed by atoms with E-state index in [4.69, 9.17) is 4.43 Å². The molecule has 0 saturated heterocycles. The first kappa shape index (κ1) is 13.8. The molecular formula is C14H28OSi. The monoisotopic (exact) mass is 240 g/mol. The van der Waals surface area contributed by atoms with E-state index < -0.39 is 8.32 Å². The van der Waals surface area contributed by atoms with Crippen molar-refractivity contribution < 1.29 is 4.43 Å². The van der Waals surface area contributed by atoms with Gasteiger partial charge in [0, 0.05) is 6.42 Å². The highest BCUT2D eigenvalue weighted by Gasteiger charge is 2.31. The molecule has 0 aromatic carbocycles. The zero-order valence-electron chi connectivity index (χ0n) is 12.1. The van der Waals surface area contributed by atoms with E-state index in [0.29, 0.717) is 5.41 Å². The van der Waals surface area contributed by atoms with Crippen molar-refractivity contribution in [3.63, 3.8) is 0 Å². The molecule has 94 valence electrons. The van der Waals surface area contributed by atoms with Crippen LogP contribution < -0.4 is 0 Å². The number of hydrogen-bond acceptors (Lipinski definition) is 1. The summed E-state index contributed by atoms with van der Waals surface area (Å²) in [5, 5.41) is 0. The number of hydrogen-bond donors (Lipinski definition) is 0. The van der Waals surface area contributed by atoms with Gasteiger partial charge in [-0.25, -0.2) is 0 Å². The summed E-state index contributed by atoms with van der Waals surface area (Å²) in [5.41, 5.74) is 1.90. The van der Waals surface area contributed by atoms with Crippen LogP contribution in [0.3, 0.4) is 0 Å². The second-order valence-electron chi connectivity index (χ2n) is 7.22. The summed E-state index contributed by atoms with van der Waals surface area (Å²) < 4.78 is 6.23. The van der Waals surface area contributed by atoms with Crippen molar-refractivity contribution >= 4 is 8.32 Å². The Morgan fingerprint density at radius 3 is 2.19 bits per heavy atom. The molecule has 0 N–H and O–H groups in total. The van der Waals surface area contributed by atoms with Crippen LogP contribution in [-0.4, -0.2) is 8.32 Å². The molecule has 1 rings (SSSR count). The Morgan fingerprint density at radius 2 is 1.75 bits per heavy atom. The van der Waals surface area contributed by atoms with E-state index in [9.17, 15) is 0 Å². The first-order valence-electron chi connectivity index (χ1n) is 6.47. The Morgan fingerprint density at radius 1 is 1.19 bits per heavy atom. The summed E-state index contributed by atoms with van der Waals surface area (Å²) in [7, 11) is -1.43. The fraction of sp³-hybridized carbons (Fsp3) is 0.857. The second-order valence-corrected chi connectivity index (χ2v) is 11.7.